The summed E-state index contributed by atoms with van der Waals surface area (Å²) in [5.41, 5.74) is 2.16. The van der Waals surface area contributed by atoms with Gasteiger partial charge in [-0.15, -0.1) is 5.10 Å². The van der Waals surface area contributed by atoms with Crippen molar-refractivity contribution in [3.8, 4) is 17.0 Å². The van der Waals surface area contributed by atoms with E-state index in [1.165, 1.54) is 6.08 Å². The first-order valence-electron chi connectivity index (χ1n) is 14.2. The van der Waals surface area contributed by atoms with E-state index in [9.17, 15) is 9.90 Å². The summed E-state index contributed by atoms with van der Waals surface area (Å²) in [5, 5.41) is 18.2. The molecule has 11 heteroatoms. The molecule has 42 heavy (non-hydrogen) atoms. The number of benzene rings is 2. The zero-order valence-corrected chi connectivity index (χ0v) is 25.2. The number of halogens is 2. The van der Waals surface area contributed by atoms with E-state index in [1.54, 1.807) is 12.1 Å². The highest BCUT2D eigenvalue weighted by Gasteiger charge is 2.37. The molecule has 220 valence electrons. The van der Waals surface area contributed by atoms with E-state index in [2.05, 4.69) is 45.3 Å². The normalized spacial score (nSPS) is 21.4. The number of carbonyl (C=O) groups excluding carboxylic acids is 1. The molecule has 0 spiro atoms. The van der Waals surface area contributed by atoms with Crippen LogP contribution in [0.2, 0.25) is 5.02 Å². The summed E-state index contributed by atoms with van der Waals surface area (Å²) in [6, 6.07) is 5.61. The molecule has 6 rings (SSSR count). The molecule has 0 saturated carbocycles. The minimum absolute atomic E-state index is 0.0301. The van der Waals surface area contributed by atoms with Crippen LogP contribution in [0.3, 0.4) is 0 Å². The molecule has 4 heterocycles. The number of ketones is 1. The first-order valence-corrected chi connectivity index (χ1v) is 14.6. The van der Waals surface area contributed by atoms with Crippen molar-refractivity contribution < 1.29 is 14.3 Å². The van der Waals surface area contributed by atoms with Gasteiger partial charge in [-0.1, -0.05) is 31.2 Å². The number of H-pyrrole nitrogens is 1. The number of carbonyl (C=O) groups is 1. The third kappa shape index (κ3) is 4.48. The van der Waals surface area contributed by atoms with Crippen molar-refractivity contribution in [2.45, 2.75) is 39.3 Å². The molecule has 0 aliphatic carbocycles. The average Bonchev–Trinajstić information content (AvgIpc) is 3.29. The van der Waals surface area contributed by atoms with Crippen LogP contribution in [0.5, 0.6) is 5.88 Å². The van der Waals surface area contributed by atoms with Crippen LogP contribution >= 0.6 is 11.6 Å². The van der Waals surface area contributed by atoms with Gasteiger partial charge in [0, 0.05) is 54.1 Å². The maximum atomic E-state index is 16.9. The van der Waals surface area contributed by atoms with Gasteiger partial charge in [0.2, 0.25) is 11.8 Å². The standard InChI is InChI=1S/C31H35ClFN7O2/c1-7-23(41)20-10-17(4)40(12-16(20)3)29-21-11-22(32)25(24-15(2)8-9-19-27(24)36-37-30(19)42)26(33)28(21)34-31(35-29)39-13-18(14-39)38(5)6/h7-9,11,16-18,20H,1,10,12-14H2,2-6H3,(H2,36,37,42)/t16-,17+,20?/m1/s1. The van der Waals surface area contributed by atoms with E-state index in [1.807, 2.05) is 27.1 Å². The molecule has 1 unspecified atom stereocenters. The third-order valence-electron chi connectivity index (χ3n) is 9.04. The van der Waals surface area contributed by atoms with Gasteiger partial charge < -0.3 is 19.8 Å². The summed E-state index contributed by atoms with van der Waals surface area (Å²) < 4.78 is 16.9. The Morgan fingerprint density at radius 1 is 1.19 bits per heavy atom. The van der Waals surface area contributed by atoms with Crippen molar-refractivity contribution in [3.05, 3.63) is 47.3 Å². The molecule has 0 bridgehead atoms. The molecule has 0 amide bonds. The zero-order valence-electron chi connectivity index (χ0n) is 24.4. The molecule has 9 nitrogen and oxygen atoms in total. The number of hydrogen-bond donors (Lipinski definition) is 2. The SMILES string of the molecule is C=CC(=O)C1C[C@H](C)N(c2nc(N3CC(N(C)C)C3)nc3c(F)c(-c4c(C)ccc5c(O)n[nH]c45)c(Cl)cc23)C[C@H]1C. The smallest absolute Gasteiger partial charge is 0.238 e. The van der Waals surface area contributed by atoms with Crippen LogP contribution in [-0.2, 0) is 4.79 Å². The lowest BCUT2D eigenvalue weighted by molar-refractivity contribution is -0.120. The Hall–Kier alpha value is -3.76. The minimum Gasteiger partial charge on any atom is -0.492 e. The Balaban J connectivity index is 1.55. The summed E-state index contributed by atoms with van der Waals surface area (Å²) in [4.78, 5) is 28.7. The van der Waals surface area contributed by atoms with Gasteiger partial charge in [0.15, 0.2) is 11.6 Å². The fraction of sp³-hybridized carbons (Fsp3) is 0.419. The second-order valence-corrected chi connectivity index (χ2v) is 12.4. The van der Waals surface area contributed by atoms with Crippen molar-refractivity contribution in [2.75, 3.05) is 43.5 Å². The van der Waals surface area contributed by atoms with Crippen LogP contribution in [0.15, 0.2) is 30.9 Å². The number of anilines is 2. The summed E-state index contributed by atoms with van der Waals surface area (Å²) in [6.07, 6.45) is 2.05. The number of nitrogens with zero attached hydrogens (tertiary/aromatic N) is 6. The Kier molecular flexibility index (Phi) is 7.09. The molecule has 2 aliphatic heterocycles. The summed E-state index contributed by atoms with van der Waals surface area (Å²) in [7, 11) is 4.08. The van der Waals surface area contributed by atoms with Gasteiger partial charge >= 0.3 is 0 Å². The molecular formula is C31H35ClFN7O2. The largest absolute Gasteiger partial charge is 0.492 e. The molecule has 2 aromatic carbocycles. The second kappa shape index (κ2) is 10.5. The summed E-state index contributed by atoms with van der Waals surface area (Å²) in [5.74, 6) is 0.314. The van der Waals surface area contributed by atoms with Crippen LogP contribution in [-0.4, -0.2) is 81.8 Å². The number of likely N-dealkylation sites (N-methyl/N-ethyl adjacent to an activating group) is 1. The van der Waals surface area contributed by atoms with E-state index >= 15 is 4.39 Å². The van der Waals surface area contributed by atoms with Crippen molar-refractivity contribution in [2.24, 2.45) is 11.8 Å². The first-order chi connectivity index (χ1) is 20.0. The third-order valence-corrected chi connectivity index (χ3v) is 9.34. The number of aromatic nitrogens is 4. The predicted octanol–water partition coefficient (Wildman–Crippen LogP) is 5.34. The molecule has 2 aliphatic rings. The number of aromatic hydroxyl groups is 1. The lowest BCUT2D eigenvalue weighted by atomic mass is 9.80. The zero-order chi connectivity index (χ0) is 30.0. The topological polar surface area (TPSA) is 101 Å². The van der Waals surface area contributed by atoms with Crippen molar-refractivity contribution >= 4 is 51.0 Å². The number of nitrogens with one attached hydrogen (secondary N) is 1. The van der Waals surface area contributed by atoms with E-state index in [0.717, 1.165) is 18.7 Å². The van der Waals surface area contributed by atoms with Gasteiger partial charge in [0.05, 0.1) is 15.9 Å². The van der Waals surface area contributed by atoms with E-state index < -0.39 is 5.82 Å². The van der Waals surface area contributed by atoms with Gasteiger partial charge in [-0.05, 0) is 64.1 Å². The highest BCUT2D eigenvalue weighted by atomic mass is 35.5. The van der Waals surface area contributed by atoms with E-state index in [4.69, 9.17) is 21.6 Å². The molecule has 3 atom stereocenters. The molecule has 2 aromatic heterocycles. The summed E-state index contributed by atoms with van der Waals surface area (Å²) in [6.45, 7) is 11.7. The highest BCUT2D eigenvalue weighted by Crippen LogP contribution is 2.44. The molecule has 2 N–H and O–H groups in total. The number of piperidine rings is 1. The predicted molar refractivity (Wildman–Crippen MR) is 165 cm³/mol. The van der Waals surface area contributed by atoms with Crippen molar-refractivity contribution in [1.29, 1.82) is 0 Å². The number of aromatic amines is 1. The number of hydrogen-bond acceptors (Lipinski definition) is 8. The maximum Gasteiger partial charge on any atom is 0.238 e. The maximum absolute atomic E-state index is 16.9. The number of fused-ring (bicyclic) bond motifs is 2. The second-order valence-electron chi connectivity index (χ2n) is 12.0. The lowest BCUT2D eigenvalue weighted by Crippen LogP contribution is -2.58. The molecule has 2 fully saturated rings. The Bertz CT molecular complexity index is 1730. The lowest BCUT2D eigenvalue weighted by Gasteiger charge is -2.44. The Morgan fingerprint density at radius 2 is 1.93 bits per heavy atom. The Morgan fingerprint density at radius 3 is 2.62 bits per heavy atom. The number of allylic oxidation sites excluding steroid dienone is 1. The molecular weight excluding hydrogens is 557 g/mol. The monoisotopic (exact) mass is 591 g/mol. The van der Waals surface area contributed by atoms with Crippen LogP contribution in [0, 0.1) is 24.6 Å². The first kappa shape index (κ1) is 28.4. The van der Waals surface area contributed by atoms with E-state index in [-0.39, 0.29) is 45.6 Å². The van der Waals surface area contributed by atoms with Gasteiger partial charge in [-0.2, -0.15) is 4.98 Å². The highest BCUT2D eigenvalue weighted by molar-refractivity contribution is 6.35. The average molecular weight is 592 g/mol. The summed E-state index contributed by atoms with van der Waals surface area (Å²) >= 11 is 6.89. The van der Waals surface area contributed by atoms with Crippen molar-refractivity contribution in [1.82, 2.24) is 25.1 Å². The number of aryl methyl sites for hydroxylation is 1. The molecule has 2 saturated heterocycles. The quantitative estimate of drug-likeness (QED) is 0.290. The van der Waals surface area contributed by atoms with E-state index in [0.29, 0.717) is 52.6 Å². The Labute approximate surface area is 249 Å². The van der Waals surface area contributed by atoms with Crippen LogP contribution in [0.25, 0.3) is 32.9 Å². The number of rotatable bonds is 6. The van der Waals surface area contributed by atoms with Crippen LogP contribution in [0.4, 0.5) is 16.2 Å². The van der Waals surface area contributed by atoms with Gasteiger partial charge in [-0.3, -0.25) is 9.89 Å². The molecule has 4 aromatic rings. The molecule has 0 radical (unpaired) electrons. The fourth-order valence-electron chi connectivity index (χ4n) is 6.39. The van der Waals surface area contributed by atoms with Gasteiger partial charge in [-0.25, -0.2) is 9.37 Å². The minimum atomic E-state index is -0.561. The fourth-order valence-corrected chi connectivity index (χ4v) is 6.68. The van der Waals surface area contributed by atoms with Gasteiger partial charge in [0.1, 0.15) is 11.3 Å². The van der Waals surface area contributed by atoms with Gasteiger partial charge in [0.25, 0.3) is 0 Å². The van der Waals surface area contributed by atoms with Crippen molar-refractivity contribution in [3.63, 3.8) is 0 Å². The van der Waals surface area contributed by atoms with Crippen LogP contribution < -0.4 is 9.80 Å². The van der Waals surface area contributed by atoms with Crippen LogP contribution in [0.1, 0.15) is 25.8 Å².